The van der Waals surface area contributed by atoms with Crippen molar-refractivity contribution < 1.29 is 13.2 Å². The third-order valence-electron chi connectivity index (χ3n) is 5.34. The molecule has 0 amide bonds. The number of nitrogens with one attached hydrogen (secondary N) is 1. The molecule has 0 bridgehead atoms. The summed E-state index contributed by atoms with van der Waals surface area (Å²) in [6.45, 7) is 8.40. The molecule has 1 N–H and O–H groups in total. The predicted octanol–water partition coefficient (Wildman–Crippen LogP) is 3.63. The van der Waals surface area contributed by atoms with Gasteiger partial charge in [-0.25, -0.2) is 0 Å². The maximum absolute atomic E-state index is 12.6. The van der Waals surface area contributed by atoms with Crippen molar-refractivity contribution in [3.63, 3.8) is 0 Å². The molecule has 26 heavy (non-hydrogen) atoms. The standard InChI is InChI=1S/C19H28F3N3.ClH/c20-19(21,22)18-4-2-16(3-5-18)14-24-10-1-11-25(13-12-24)15-17-6-8-23-9-7-17;/h2-5,17,23H,1,6-15H2;1H. The quantitative estimate of drug-likeness (QED) is 0.845. The van der Waals surface area contributed by atoms with E-state index < -0.39 is 11.7 Å². The highest BCUT2D eigenvalue weighted by Crippen LogP contribution is 2.29. The fourth-order valence-electron chi connectivity index (χ4n) is 3.85. The zero-order valence-corrected chi connectivity index (χ0v) is 15.9. The molecule has 2 aliphatic heterocycles. The van der Waals surface area contributed by atoms with Crippen LogP contribution in [0.5, 0.6) is 0 Å². The lowest BCUT2D eigenvalue weighted by atomic mass is 9.97. The average molecular weight is 392 g/mol. The summed E-state index contributed by atoms with van der Waals surface area (Å²) >= 11 is 0. The molecule has 0 atom stereocenters. The van der Waals surface area contributed by atoms with Gasteiger partial charge in [-0.05, 0) is 69.1 Å². The van der Waals surface area contributed by atoms with Crippen LogP contribution in [0.25, 0.3) is 0 Å². The molecule has 0 aliphatic carbocycles. The Kier molecular flexibility index (Phi) is 8.20. The Bertz CT molecular complexity index is 530. The van der Waals surface area contributed by atoms with E-state index in [4.69, 9.17) is 0 Å². The maximum Gasteiger partial charge on any atom is 0.416 e. The van der Waals surface area contributed by atoms with Gasteiger partial charge in [0, 0.05) is 26.2 Å². The Hall–Kier alpha value is -0.820. The largest absolute Gasteiger partial charge is 0.416 e. The lowest BCUT2D eigenvalue weighted by Crippen LogP contribution is -2.38. The van der Waals surface area contributed by atoms with Crippen LogP contribution < -0.4 is 5.32 Å². The first-order valence-corrected chi connectivity index (χ1v) is 9.32. The number of halogens is 4. The summed E-state index contributed by atoms with van der Waals surface area (Å²) in [4.78, 5) is 4.94. The van der Waals surface area contributed by atoms with Crippen LogP contribution in [0.15, 0.2) is 24.3 Å². The molecule has 1 aromatic rings. The second-order valence-electron chi connectivity index (χ2n) is 7.32. The molecule has 148 valence electrons. The number of alkyl halides is 3. The van der Waals surface area contributed by atoms with Gasteiger partial charge in [-0.15, -0.1) is 12.4 Å². The minimum atomic E-state index is -4.25. The van der Waals surface area contributed by atoms with Gasteiger partial charge in [-0.1, -0.05) is 12.1 Å². The topological polar surface area (TPSA) is 18.5 Å². The minimum absolute atomic E-state index is 0. The van der Waals surface area contributed by atoms with Gasteiger partial charge >= 0.3 is 6.18 Å². The molecule has 0 saturated carbocycles. The smallest absolute Gasteiger partial charge is 0.317 e. The van der Waals surface area contributed by atoms with E-state index in [2.05, 4.69) is 15.1 Å². The number of rotatable bonds is 4. The van der Waals surface area contributed by atoms with Gasteiger partial charge < -0.3 is 10.2 Å². The van der Waals surface area contributed by atoms with Gasteiger partial charge in [0.2, 0.25) is 0 Å². The van der Waals surface area contributed by atoms with Crippen LogP contribution in [0.3, 0.4) is 0 Å². The summed E-state index contributed by atoms with van der Waals surface area (Å²) in [7, 11) is 0. The normalized spacial score (nSPS) is 21.2. The van der Waals surface area contributed by atoms with Crippen molar-refractivity contribution in [3.05, 3.63) is 35.4 Å². The molecular weight excluding hydrogens is 363 g/mol. The lowest BCUT2D eigenvalue weighted by Gasteiger charge is -2.29. The Morgan fingerprint density at radius 1 is 0.923 bits per heavy atom. The molecule has 0 aromatic heterocycles. The number of piperidine rings is 1. The van der Waals surface area contributed by atoms with E-state index in [1.165, 1.54) is 31.5 Å². The van der Waals surface area contributed by atoms with Gasteiger partial charge in [-0.2, -0.15) is 13.2 Å². The van der Waals surface area contributed by atoms with Crippen LogP contribution in [-0.4, -0.2) is 55.6 Å². The summed E-state index contributed by atoms with van der Waals surface area (Å²) in [5.74, 6) is 0.808. The first-order chi connectivity index (χ1) is 12.0. The van der Waals surface area contributed by atoms with Crippen LogP contribution >= 0.6 is 12.4 Å². The zero-order chi connectivity index (χ0) is 17.7. The van der Waals surface area contributed by atoms with E-state index in [1.54, 1.807) is 12.1 Å². The molecule has 3 nitrogen and oxygen atoms in total. The Morgan fingerprint density at radius 3 is 2.19 bits per heavy atom. The number of benzene rings is 1. The van der Waals surface area contributed by atoms with Gasteiger partial charge in [0.15, 0.2) is 0 Å². The van der Waals surface area contributed by atoms with Gasteiger partial charge in [-0.3, -0.25) is 4.90 Å². The lowest BCUT2D eigenvalue weighted by molar-refractivity contribution is -0.137. The number of hydrogen-bond acceptors (Lipinski definition) is 3. The monoisotopic (exact) mass is 391 g/mol. The third kappa shape index (κ3) is 6.41. The highest BCUT2D eigenvalue weighted by atomic mass is 35.5. The second kappa shape index (κ2) is 9.93. The molecule has 1 aromatic carbocycles. The first-order valence-electron chi connectivity index (χ1n) is 9.32. The molecule has 7 heteroatoms. The molecule has 0 spiro atoms. The zero-order valence-electron chi connectivity index (χ0n) is 15.1. The summed E-state index contributed by atoms with van der Waals surface area (Å²) < 4.78 is 37.9. The van der Waals surface area contributed by atoms with Crippen molar-refractivity contribution in [2.75, 3.05) is 45.8 Å². The molecule has 0 radical (unpaired) electrons. The van der Waals surface area contributed by atoms with Gasteiger partial charge in [0.1, 0.15) is 0 Å². The Balaban J connectivity index is 0.00000243. The second-order valence-corrected chi connectivity index (χ2v) is 7.32. The molecular formula is C19H29ClF3N3. The van der Waals surface area contributed by atoms with Gasteiger partial charge in [0.05, 0.1) is 5.56 Å². The molecule has 2 fully saturated rings. The predicted molar refractivity (Wildman–Crippen MR) is 101 cm³/mol. The van der Waals surface area contributed by atoms with Crippen LogP contribution in [0, 0.1) is 5.92 Å². The van der Waals surface area contributed by atoms with E-state index in [0.717, 1.165) is 63.7 Å². The van der Waals surface area contributed by atoms with E-state index >= 15 is 0 Å². The fourth-order valence-corrected chi connectivity index (χ4v) is 3.85. The van der Waals surface area contributed by atoms with E-state index in [-0.39, 0.29) is 12.4 Å². The van der Waals surface area contributed by atoms with Crippen LogP contribution in [0.4, 0.5) is 13.2 Å². The van der Waals surface area contributed by atoms with E-state index in [0.29, 0.717) is 0 Å². The van der Waals surface area contributed by atoms with Crippen molar-refractivity contribution in [1.29, 1.82) is 0 Å². The molecule has 3 rings (SSSR count). The highest BCUT2D eigenvalue weighted by molar-refractivity contribution is 5.85. The molecule has 2 aliphatic rings. The van der Waals surface area contributed by atoms with Crippen molar-refractivity contribution in [2.45, 2.75) is 32.0 Å². The SMILES string of the molecule is Cl.FC(F)(F)c1ccc(CN2CCCN(CC3CCNCC3)CC2)cc1. The first kappa shape index (κ1) is 21.5. The average Bonchev–Trinajstić information content (AvgIpc) is 2.81. The fraction of sp³-hybridized carbons (Fsp3) is 0.684. The van der Waals surface area contributed by atoms with Crippen molar-refractivity contribution in [1.82, 2.24) is 15.1 Å². The van der Waals surface area contributed by atoms with Gasteiger partial charge in [0.25, 0.3) is 0 Å². The summed E-state index contributed by atoms with van der Waals surface area (Å²) in [5.41, 5.74) is 0.389. The third-order valence-corrected chi connectivity index (χ3v) is 5.34. The summed E-state index contributed by atoms with van der Waals surface area (Å²) in [5, 5.41) is 3.41. The summed E-state index contributed by atoms with van der Waals surface area (Å²) in [6, 6.07) is 5.61. The number of hydrogen-bond donors (Lipinski definition) is 1. The maximum atomic E-state index is 12.6. The molecule has 2 saturated heterocycles. The van der Waals surface area contributed by atoms with Crippen LogP contribution in [0.2, 0.25) is 0 Å². The Morgan fingerprint density at radius 2 is 1.54 bits per heavy atom. The minimum Gasteiger partial charge on any atom is -0.317 e. The van der Waals surface area contributed by atoms with E-state index in [9.17, 15) is 13.2 Å². The van der Waals surface area contributed by atoms with Crippen molar-refractivity contribution >= 4 is 12.4 Å². The highest BCUT2D eigenvalue weighted by Gasteiger charge is 2.30. The Labute approximate surface area is 160 Å². The summed E-state index contributed by atoms with van der Waals surface area (Å²) in [6.07, 6.45) is -0.584. The van der Waals surface area contributed by atoms with Crippen molar-refractivity contribution in [3.8, 4) is 0 Å². The van der Waals surface area contributed by atoms with Crippen LogP contribution in [0.1, 0.15) is 30.4 Å². The van der Waals surface area contributed by atoms with Crippen molar-refractivity contribution in [2.24, 2.45) is 5.92 Å². The molecule has 0 unspecified atom stereocenters. The van der Waals surface area contributed by atoms with E-state index in [1.807, 2.05) is 0 Å². The van der Waals surface area contributed by atoms with Crippen LogP contribution in [-0.2, 0) is 12.7 Å². The molecule has 2 heterocycles. The number of nitrogens with zero attached hydrogens (tertiary/aromatic N) is 2.